The van der Waals surface area contributed by atoms with E-state index in [0.717, 1.165) is 30.8 Å². The standard InChI is InChI=1S/C18H19N3O3/c1-22-16-7-3-2-5-13(16)8-9-17-21-15(11-19)18(24-17)20-12-14-6-4-10-23-14/h2-3,5,7-9,14,20H,4,6,10,12H2,1H3/b9-8+/t14-/m1/s1. The Kier molecular flexibility index (Phi) is 5.14. The van der Waals surface area contributed by atoms with Gasteiger partial charge < -0.3 is 19.2 Å². The fourth-order valence-electron chi connectivity index (χ4n) is 2.58. The van der Waals surface area contributed by atoms with Gasteiger partial charge in [0.05, 0.1) is 13.2 Å². The van der Waals surface area contributed by atoms with Crippen molar-refractivity contribution in [3.05, 3.63) is 41.4 Å². The number of oxazole rings is 1. The molecule has 24 heavy (non-hydrogen) atoms. The lowest BCUT2D eigenvalue weighted by atomic mass is 10.2. The molecule has 1 saturated heterocycles. The molecule has 1 aliphatic heterocycles. The maximum Gasteiger partial charge on any atom is 0.232 e. The lowest BCUT2D eigenvalue weighted by Gasteiger charge is -2.09. The highest BCUT2D eigenvalue weighted by Gasteiger charge is 2.18. The fraction of sp³-hybridized carbons (Fsp3) is 0.333. The van der Waals surface area contributed by atoms with Crippen molar-refractivity contribution in [1.29, 1.82) is 5.26 Å². The third-order valence-electron chi connectivity index (χ3n) is 3.81. The lowest BCUT2D eigenvalue weighted by molar-refractivity contribution is 0.120. The van der Waals surface area contributed by atoms with E-state index < -0.39 is 0 Å². The average Bonchev–Trinajstić information content (AvgIpc) is 3.27. The summed E-state index contributed by atoms with van der Waals surface area (Å²) in [5.74, 6) is 1.51. The van der Waals surface area contributed by atoms with Crippen LogP contribution in [-0.4, -0.2) is 31.3 Å². The van der Waals surface area contributed by atoms with Crippen LogP contribution < -0.4 is 10.1 Å². The van der Waals surface area contributed by atoms with E-state index in [1.54, 1.807) is 13.2 Å². The van der Waals surface area contributed by atoms with Crippen LogP contribution in [0, 0.1) is 11.3 Å². The van der Waals surface area contributed by atoms with Crippen molar-refractivity contribution >= 4 is 18.0 Å². The Morgan fingerprint density at radius 1 is 1.42 bits per heavy atom. The summed E-state index contributed by atoms with van der Waals surface area (Å²) in [4.78, 5) is 4.19. The number of hydrogen-bond acceptors (Lipinski definition) is 6. The number of nitrogens with zero attached hydrogens (tertiary/aromatic N) is 2. The quantitative estimate of drug-likeness (QED) is 0.877. The van der Waals surface area contributed by atoms with Gasteiger partial charge in [-0.15, -0.1) is 0 Å². The predicted octanol–water partition coefficient (Wildman–Crippen LogP) is 3.32. The number of rotatable bonds is 6. The van der Waals surface area contributed by atoms with E-state index >= 15 is 0 Å². The molecular weight excluding hydrogens is 306 g/mol. The van der Waals surface area contributed by atoms with Gasteiger partial charge in [-0.3, -0.25) is 0 Å². The number of para-hydroxylation sites is 1. The van der Waals surface area contributed by atoms with Crippen LogP contribution in [0.15, 0.2) is 28.7 Å². The third kappa shape index (κ3) is 3.76. The highest BCUT2D eigenvalue weighted by Crippen LogP contribution is 2.22. The molecule has 1 aromatic heterocycles. The zero-order chi connectivity index (χ0) is 16.8. The van der Waals surface area contributed by atoms with E-state index in [-0.39, 0.29) is 11.8 Å². The van der Waals surface area contributed by atoms with Crippen molar-refractivity contribution in [2.24, 2.45) is 0 Å². The zero-order valence-electron chi connectivity index (χ0n) is 13.5. The van der Waals surface area contributed by atoms with Gasteiger partial charge in [0.15, 0.2) is 0 Å². The monoisotopic (exact) mass is 325 g/mol. The molecule has 0 spiro atoms. The van der Waals surface area contributed by atoms with Crippen molar-refractivity contribution in [3.63, 3.8) is 0 Å². The Morgan fingerprint density at radius 3 is 3.04 bits per heavy atom. The van der Waals surface area contributed by atoms with Crippen molar-refractivity contribution < 1.29 is 13.9 Å². The first-order chi connectivity index (χ1) is 11.8. The largest absolute Gasteiger partial charge is 0.496 e. The zero-order valence-corrected chi connectivity index (χ0v) is 13.5. The molecular formula is C18H19N3O3. The second kappa shape index (κ2) is 7.66. The van der Waals surface area contributed by atoms with E-state index in [1.807, 2.05) is 36.4 Å². The smallest absolute Gasteiger partial charge is 0.232 e. The summed E-state index contributed by atoms with van der Waals surface area (Å²) in [5.41, 5.74) is 1.15. The molecule has 6 nitrogen and oxygen atoms in total. The summed E-state index contributed by atoms with van der Waals surface area (Å²) in [7, 11) is 1.62. The number of nitriles is 1. The minimum absolute atomic E-state index is 0.161. The van der Waals surface area contributed by atoms with Crippen LogP contribution in [0.1, 0.15) is 30.0 Å². The van der Waals surface area contributed by atoms with Gasteiger partial charge in [0.1, 0.15) is 11.8 Å². The number of nitrogens with one attached hydrogen (secondary N) is 1. The van der Waals surface area contributed by atoms with Crippen molar-refractivity contribution in [1.82, 2.24) is 4.98 Å². The van der Waals surface area contributed by atoms with Gasteiger partial charge in [-0.1, -0.05) is 18.2 Å². The Bertz CT molecular complexity index is 755. The van der Waals surface area contributed by atoms with Crippen LogP contribution in [-0.2, 0) is 4.74 Å². The van der Waals surface area contributed by atoms with Crippen LogP contribution in [0.2, 0.25) is 0 Å². The molecule has 2 aromatic rings. The summed E-state index contributed by atoms with van der Waals surface area (Å²) in [5, 5.41) is 12.3. The molecule has 1 N–H and O–H groups in total. The SMILES string of the molecule is COc1ccccc1/C=C/c1nc(C#N)c(NC[C@H]2CCCO2)o1. The molecule has 3 rings (SSSR count). The molecule has 6 heteroatoms. The van der Waals surface area contributed by atoms with Gasteiger partial charge in [0.2, 0.25) is 17.5 Å². The highest BCUT2D eigenvalue weighted by molar-refractivity contribution is 5.70. The summed E-state index contributed by atoms with van der Waals surface area (Å²) >= 11 is 0. The first-order valence-electron chi connectivity index (χ1n) is 7.87. The predicted molar refractivity (Wildman–Crippen MR) is 90.6 cm³/mol. The first-order valence-corrected chi connectivity index (χ1v) is 7.87. The number of methoxy groups -OCH3 is 1. The molecule has 2 heterocycles. The van der Waals surface area contributed by atoms with Gasteiger partial charge in [-0.2, -0.15) is 10.2 Å². The molecule has 1 aromatic carbocycles. The van der Waals surface area contributed by atoms with Crippen LogP contribution >= 0.6 is 0 Å². The van der Waals surface area contributed by atoms with Crippen LogP contribution in [0.25, 0.3) is 12.2 Å². The molecule has 1 fully saturated rings. The summed E-state index contributed by atoms with van der Waals surface area (Å²) in [6.45, 7) is 1.40. The molecule has 0 radical (unpaired) electrons. The number of anilines is 1. The van der Waals surface area contributed by atoms with Crippen molar-refractivity contribution in [2.45, 2.75) is 18.9 Å². The van der Waals surface area contributed by atoms with E-state index in [4.69, 9.17) is 13.9 Å². The van der Waals surface area contributed by atoms with Gasteiger partial charge in [0.25, 0.3) is 0 Å². The van der Waals surface area contributed by atoms with Crippen molar-refractivity contribution in [2.75, 3.05) is 25.6 Å². The van der Waals surface area contributed by atoms with E-state index in [9.17, 15) is 5.26 Å². The Balaban J connectivity index is 1.72. The number of aromatic nitrogens is 1. The van der Waals surface area contributed by atoms with Crippen molar-refractivity contribution in [3.8, 4) is 11.8 Å². The topological polar surface area (TPSA) is 80.3 Å². The maximum absolute atomic E-state index is 9.20. The van der Waals surface area contributed by atoms with Gasteiger partial charge >= 0.3 is 0 Å². The molecule has 0 saturated carbocycles. The fourth-order valence-corrected chi connectivity index (χ4v) is 2.58. The second-order valence-electron chi connectivity index (χ2n) is 5.43. The van der Waals surface area contributed by atoms with Crippen LogP contribution in [0.4, 0.5) is 5.88 Å². The Labute approximate surface area is 140 Å². The summed E-state index contributed by atoms with van der Waals surface area (Å²) < 4.78 is 16.5. The lowest BCUT2D eigenvalue weighted by Crippen LogP contribution is -2.18. The number of hydrogen-bond donors (Lipinski definition) is 1. The highest BCUT2D eigenvalue weighted by atomic mass is 16.5. The average molecular weight is 325 g/mol. The number of ether oxygens (including phenoxy) is 2. The minimum Gasteiger partial charge on any atom is -0.496 e. The van der Waals surface area contributed by atoms with Crippen LogP contribution in [0.3, 0.4) is 0 Å². The molecule has 124 valence electrons. The van der Waals surface area contributed by atoms with E-state index in [0.29, 0.717) is 18.3 Å². The normalized spacial score (nSPS) is 17.1. The summed E-state index contributed by atoms with van der Waals surface area (Å²) in [6.07, 6.45) is 5.81. The van der Waals surface area contributed by atoms with E-state index in [1.165, 1.54) is 0 Å². The van der Waals surface area contributed by atoms with Gasteiger partial charge in [0, 0.05) is 24.8 Å². The van der Waals surface area contributed by atoms with Gasteiger partial charge in [-0.05, 0) is 25.0 Å². The van der Waals surface area contributed by atoms with Gasteiger partial charge in [-0.25, -0.2) is 0 Å². The molecule has 1 atom stereocenters. The second-order valence-corrected chi connectivity index (χ2v) is 5.43. The minimum atomic E-state index is 0.161. The first kappa shape index (κ1) is 16.1. The maximum atomic E-state index is 9.20. The number of benzene rings is 1. The Morgan fingerprint density at radius 2 is 2.29 bits per heavy atom. The summed E-state index contributed by atoms with van der Waals surface area (Å²) in [6, 6.07) is 9.68. The molecule has 0 aliphatic carbocycles. The molecule has 0 unspecified atom stereocenters. The van der Waals surface area contributed by atoms with Crippen LogP contribution in [0.5, 0.6) is 5.75 Å². The Hall–Kier alpha value is -2.78. The molecule has 0 amide bonds. The van der Waals surface area contributed by atoms with E-state index in [2.05, 4.69) is 10.3 Å². The molecule has 0 bridgehead atoms. The molecule has 1 aliphatic rings. The third-order valence-corrected chi connectivity index (χ3v) is 3.81.